The molecule has 0 bridgehead atoms. The predicted molar refractivity (Wildman–Crippen MR) is 138 cm³/mol. The first-order chi connectivity index (χ1) is 17.0. The molecule has 3 rings (SSSR count). The molecule has 0 unspecified atom stereocenters. The highest BCUT2D eigenvalue weighted by atomic mass is 35.5. The minimum absolute atomic E-state index is 0.00769. The average Bonchev–Trinajstić information content (AvgIpc) is 3.01. The lowest BCUT2D eigenvalue weighted by Crippen LogP contribution is -2.50. The maximum Gasteiger partial charge on any atom is 0.269 e. The third-order valence-corrected chi connectivity index (χ3v) is 8.42. The van der Waals surface area contributed by atoms with Crippen molar-refractivity contribution < 1.29 is 22.8 Å². The van der Waals surface area contributed by atoms with Crippen molar-refractivity contribution in [1.82, 2.24) is 14.5 Å². The molecule has 3 amide bonds. The van der Waals surface area contributed by atoms with Gasteiger partial charge in [0.1, 0.15) is 10.9 Å². The van der Waals surface area contributed by atoms with Gasteiger partial charge in [-0.3, -0.25) is 14.4 Å². The third-order valence-electron chi connectivity index (χ3n) is 5.87. The van der Waals surface area contributed by atoms with E-state index in [9.17, 15) is 22.8 Å². The third kappa shape index (κ3) is 5.85. The van der Waals surface area contributed by atoms with Gasteiger partial charge in [0.2, 0.25) is 11.8 Å². The summed E-state index contributed by atoms with van der Waals surface area (Å²) in [6.45, 7) is 5.30. The second-order valence-corrected chi connectivity index (χ2v) is 11.4. The van der Waals surface area contributed by atoms with Crippen LogP contribution in [0.3, 0.4) is 0 Å². The van der Waals surface area contributed by atoms with E-state index in [1.165, 1.54) is 17.0 Å². The number of benzene rings is 2. The van der Waals surface area contributed by atoms with Crippen LogP contribution in [0.2, 0.25) is 10.0 Å². The highest BCUT2D eigenvalue weighted by Gasteiger charge is 2.40. The molecule has 0 fully saturated rings. The van der Waals surface area contributed by atoms with Crippen molar-refractivity contribution >= 4 is 50.9 Å². The number of fused-ring (bicyclic) bond motifs is 1. The Morgan fingerprint density at radius 2 is 1.69 bits per heavy atom. The van der Waals surface area contributed by atoms with Gasteiger partial charge in [-0.15, -0.1) is 0 Å². The van der Waals surface area contributed by atoms with Gasteiger partial charge in [-0.05, 0) is 51.0 Å². The van der Waals surface area contributed by atoms with E-state index in [-0.39, 0.29) is 54.2 Å². The van der Waals surface area contributed by atoms with Gasteiger partial charge < -0.3 is 10.2 Å². The Balaban J connectivity index is 1.79. The Morgan fingerprint density at radius 1 is 1.06 bits per heavy atom. The molecule has 0 radical (unpaired) electrons. The molecule has 1 atom stereocenters. The number of carbonyl (C=O) groups is 3. The van der Waals surface area contributed by atoms with E-state index in [0.717, 1.165) is 4.31 Å². The molecule has 0 saturated carbocycles. The van der Waals surface area contributed by atoms with Crippen LogP contribution in [0.4, 0.5) is 0 Å². The summed E-state index contributed by atoms with van der Waals surface area (Å²) in [5.41, 5.74) is 0.632. The second kappa shape index (κ2) is 11.6. The lowest BCUT2D eigenvalue weighted by molar-refractivity contribution is -0.141. The minimum Gasteiger partial charge on any atom is -0.352 e. The minimum atomic E-state index is -3.96. The van der Waals surface area contributed by atoms with Crippen molar-refractivity contribution in [2.45, 2.75) is 63.6 Å². The van der Waals surface area contributed by atoms with E-state index in [2.05, 4.69) is 5.32 Å². The summed E-state index contributed by atoms with van der Waals surface area (Å²) in [4.78, 5) is 40.4. The van der Waals surface area contributed by atoms with Gasteiger partial charge in [-0.2, -0.15) is 0 Å². The molecule has 11 heteroatoms. The lowest BCUT2D eigenvalue weighted by Gasteiger charge is -2.32. The topological polar surface area (TPSA) is 104 Å². The van der Waals surface area contributed by atoms with Gasteiger partial charge in [-0.25, -0.2) is 12.7 Å². The van der Waals surface area contributed by atoms with E-state index in [1.54, 1.807) is 37.3 Å². The zero-order chi connectivity index (χ0) is 26.6. The monoisotopic (exact) mass is 553 g/mol. The van der Waals surface area contributed by atoms with Crippen LogP contribution in [0.25, 0.3) is 0 Å². The molecule has 0 saturated heterocycles. The molecule has 0 aliphatic carbocycles. The number of nitrogens with one attached hydrogen (secondary N) is 1. The van der Waals surface area contributed by atoms with Crippen LogP contribution in [0.1, 0.15) is 56.0 Å². The van der Waals surface area contributed by atoms with Gasteiger partial charge in [0.15, 0.2) is 0 Å². The fraction of sp³-hybridized carbons (Fsp3) is 0.400. The fourth-order valence-electron chi connectivity index (χ4n) is 4.12. The van der Waals surface area contributed by atoms with Gasteiger partial charge >= 0.3 is 0 Å². The van der Waals surface area contributed by atoms with Crippen LogP contribution in [0.15, 0.2) is 47.4 Å². The number of rotatable bonds is 10. The number of hydrogen-bond acceptors (Lipinski definition) is 5. The molecule has 0 aromatic heterocycles. The molecule has 194 valence electrons. The SMILES string of the molecule is CC[C@@H](C(=O)NC(C)C)N(Cc1c(Cl)cccc1Cl)C(=O)CCCN1C(=O)c2ccccc2S1(=O)=O. The summed E-state index contributed by atoms with van der Waals surface area (Å²) >= 11 is 12.7. The number of halogens is 2. The van der Waals surface area contributed by atoms with Crippen LogP contribution in [0.5, 0.6) is 0 Å². The quantitative estimate of drug-likeness (QED) is 0.473. The molecule has 1 N–H and O–H groups in total. The molecule has 36 heavy (non-hydrogen) atoms. The molecule has 8 nitrogen and oxygen atoms in total. The highest BCUT2D eigenvalue weighted by Crippen LogP contribution is 2.31. The second-order valence-electron chi connectivity index (χ2n) is 8.79. The summed E-state index contributed by atoms with van der Waals surface area (Å²) in [5.74, 6) is -1.30. The van der Waals surface area contributed by atoms with Crippen LogP contribution < -0.4 is 5.32 Å². The van der Waals surface area contributed by atoms with Crippen molar-refractivity contribution in [2.24, 2.45) is 0 Å². The largest absolute Gasteiger partial charge is 0.352 e. The summed E-state index contributed by atoms with van der Waals surface area (Å²) in [6.07, 6.45) is 0.358. The molecule has 2 aromatic carbocycles. The van der Waals surface area contributed by atoms with Gasteiger partial charge in [0, 0.05) is 41.2 Å². The van der Waals surface area contributed by atoms with Crippen molar-refractivity contribution in [3.8, 4) is 0 Å². The number of nitrogens with zero attached hydrogens (tertiary/aromatic N) is 2. The first-order valence-corrected chi connectivity index (χ1v) is 13.9. The molecule has 0 spiro atoms. The Morgan fingerprint density at radius 3 is 2.28 bits per heavy atom. The highest BCUT2D eigenvalue weighted by molar-refractivity contribution is 7.90. The van der Waals surface area contributed by atoms with Crippen LogP contribution in [-0.2, 0) is 26.2 Å². The number of hydrogen-bond donors (Lipinski definition) is 1. The average molecular weight is 554 g/mol. The van der Waals surface area contributed by atoms with Crippen LogP contribution >= 0.6 is 23.2 Å². The number of sulfonamides is 1. The molecular weight excluding hydrogens is 525 g/mol. The summed E-state index contributed by atoms with van der Waals surface area (Å²) < 4.78 is 26.4. The van der Waals surface area contributed by atoms with Crippen LogP contribution in [-0.4, -0.2) is 54.0 Å². The smallest absolute Gasteiger partial charge is 0.269 e. The molecular formula is C25H29Cl2N3O5S. The zero-order valence-electron chi connectivity index (χ0n) is 20.3. The van der Waals surface area contributed by atoms with Gasteiger partial charge in [0.05, 0.1) is 5.56 Å². The van der Waals surface area contributed by atoms with Crippen molar-refractivity contribution in [3.05, 3.63) is 63.6 Å². The van der Waals surface area contributed by atoms with Crippen molar-refractivity contribution in [2.75, 3.05) is 6.54 Å². The van der Waals surface area contributed by atoms with E-state index in [0.29, 0.717) is 22.0 Å². The Kier molecular flexibility index (Phi) is 9.03. The normalized spacial score (nSPS) is 15.1. The first-order valence-electron chi connectivity index (χ1n) is 11.7. The van der Waals surface area contributed by atoms with E-state index < -0.39 is 22.0 Å². The standard InChI is InChI=1S/C25H29Cl2N3O5S/c1-4-21(24(32)28-16(2)3)29(15-18-19(26)10-7-11-20(18)27)23(31)13-8-14-30-25(33)17-9-5-6-12-22(17)36(30,34)35/h5-7,9-12,16,21H,4,8,13-15H2,1-3H3,(H,28,32)/t21-/m0/s1. The Bertz CT molecular complexity index is 1250. The number of amides is 3. The fourth-order valence-corrected chi connectivity index (χ4v) is 6.25. The Hall–Kier alpha value is -2.62. The van der Waals surface area contributed by atoms with Crippen molar-refractivity contribution in [1.29, 1.82) is 0 Å². The summed E-state index contributed by atoms with van der Waals surface area (Å²) in [6, 6.07) is 10.1. The van der Waals surface area contributed by atoms with Gasteiger partial charge in [-0.1, -0.05) is 48.3 Å². The van der Waals surface area contributed by atoms with E-state index in [1.807, 2.05) is 13.8 Å². The number of carbonyl (C=O) groups excluding carboxylic acids is 3. The Labute approximate surface area is 221 Å². The van der Waals surface area contributed by atoms with E-state index >= 15 is 0 Å². The molecule has 1 heterocycles. The summed E-state index contributed by atoms with van der Waals surface area (Å²) in [7, 11) is -3.96. The maximum absolute atomic E-state index is 13.4. The van der Waals surface area contributed by atoms with Crippen molar-refractivity contribution in [3.63, 3.8) is 0 Å². The first kappa shape index (κ1) is 28.0. The molecule has 2 aromatic rings. The van der Waals surface area contributed by atoms with Gasteiger partial charge in [0.25, 0.3) is 15.9 Å². The molecule has 1 aliphatic rings. The lowest BCUT2D eigenvalue weighted by atomic mass is 10.1. The zero-order valence-corrected chi connectivity index (χ0v) is 22.7. The molecule has 1 aliphatic heterocycles. The van der Waals surface area contributed by atoms with E-state index in [4.69, 9.17) is 23.2 Å². The maximum atomic E-state index is 13.4. The van der Waals surface area contributed by atoms with Crippen LogP contribution in [0, 0.1) is 0 Å². The summed E-state index contributed by atoms with van der Waals surface area (Å²) in [5, 5.41) is 3.57. The predicted octanol–water partition coefficient (Wildman–Crippen LogP) is 4.25.